The summed E-state index contributed by atoms with van der Waals surface area (Å²) in [6.45, 7) is 1.90. The highest BCUT2D eigenvalue weighted by Crippen LogP contribution is 2.35. The molecule has 0 saturated carbocycles. The first-order valence-electron chi connectivity index (χ1n) is 6.31. The van der Waals surface area contributed by atoms with E-state index in [-0.39, 0.29) is 11.4 Å². The monoisotopic (exact) mass is 299 g/mol. The number of nitrogens with two attached hydrogens (primary N) is 1. The third-order valence-electron chi connectivity index (χ3n) is 3.02. The molecule has 0 spiro atoms. The summed E-state index contributed by atoms with van der Waals surface area (Å²) in [5, 5.41) is 0. The fourth-order valence-electron chi connectivity index (χ4n) is 2.06. The van der Waals surface area contributed by atoms with Crippen molar-refractivity contribution in [2.45, 2.75) is 25.9 Å². The van der Waals surface area contributed by atoms with Crippen molar-refractivity contribution in [3.63, 3.8) is 0 Å². The molecule has 21 heavy (non-hydrogen) atoms. The van der Waals surface area contributed by atoms with E-state index in [4.69, 9.17) is 5.73 Å². The van der Waals surface area contributed by atoms with Gasteiger partial charge in [-0.15, -0.1) is 0 Å². The van der Waals surface area contributed by atoms with E-state index < -0.39 is 17.6 Å². The Morgan fingerprint density at radius 3 is 2.52 bits per heavy atom. The van der Waals surface area contributed by atoms with Gasteiger partial charge in [-0.2, -0.15) is 13.2 Å². The Balaban J connectivity index is 2.60. The van der Waals surface area contributed by atoms with Crippen LogP contribution in [0.5, 0.6) is 0 Å². The average Bonchev–Trinajstić information content (AvgIpc) is 2.41. The lowest BCUT2D eigenvalue weighted by atomic mass is 10.0. The summed E-state index contributed by atoms with van der Waals surface area (Å²) < 4.78 is 51.7. The number of halogens is 4. The first-order chi connectivity index (χ1) is 9.84. The first kappa shape index (κ1) is 15.2. The molecular weight excluding hydrogens is 286 g/mol. The van der Waals surface area contributed by atoms with Crippen LogP contribution in [0.1, 0.15) is 24.5 Å². The smallest absolute Gasteiger partial charge is 0.383 e. The van der Waals surface area contributed by atoms with Gasteiger partial charge in [-0.25, -0.2) is 14.4 Å². The molecule has 0 aliphatic heterocycles. The zero-order chi connectivity index (χ0) is 15.6. The number of nitrogen functional groups attached to an aromatic ring is 1. The minimum Gasteiger partial charge on any atom is -0.383 e. The van der Waals surface area contributed by atoms with Gasteiger partial charge in [0.1, 0.15) is 18.0 Å². The largest absolute Gasteiger partial charge is 0.419 e. The molecule has 0 amide bonds. The lowest BCUT2D eigenvalue weighted by Gasteiger charge is -2.13. The molecule has 1 aromatic heterocycles. The molecule has 0 saturated heterocycles. The quantitative estimate of drug-likeness (QED) is 0.876. The molecule has 2 rings (SSSR count). The molecule has 0 radical (unpaired) electrons. The maximum absolute atomic E-state index is 13.3. The Bertz CT molecular complexity index is 653. The van der Waals surface area contributed by atoms with Crippen molar-refractivity contribution >= 4 is 5.82 Å². The van der Waals surface area contributed by atoms with E-state index in [1.807, 2.05) is 6.92 Å². The van der Waals surface area contributed by atoms with Crippen LogP contribution in [-0.2, 0) is 12.6 Å². The third-order valence-corrected chi connectivity index (χ3v) is 3.02. The first-order valence-corrected chi connectivity index (χ1v) is 6.31. The SMILES string of the molecule is CCCc1c(N)ncnc1-c1ccc(F)c(C(F)(F)F)c1. The lowest BCUT2D eigenvalue weighted by molar-refractivity contribution is -0.139. The number of nitrogens with zero attached hydrogens (tertiary/aromatic N) is 2. The molecule has 112 valence electrons. The van der Waals surface area contributed by atoms with E-state index in [1.165, 1.54) is 12.4 Å². The van der Waals surface area contributed by atoms with Crippen LogP contribution in [0.3, 0.4) is 0 Å². The molecule has 1 heterocycles. The van der Waals surface area contributed by atoms with Crippen LogP contribution in [-0.4, -0.2) is 9.97 Å². The Hall–Kier alpha value is -2.18. The zero-order valence-electron chi connectivity index (χ0n) is 11.2. The summed E-state index contributed by atoms with van der Waals surface area (Å²) in [4.78, 5) is 7.84. The van der Waals surface area contributed by atoms with Gasteiger partial charge in [-0.3, -0.25) is 0 Å². The van der Waals surface area contributed by atoms with Crippen LogP contribution < -0.4 is 5.73 Å². The highest BCUT2D eigenvalue weighted by atomic mass is 19.4. The number of benzene rings is 1. The highest BCUT2D eigenvalue weighted by Gasteiger charge is 2.34. The van der Waals surface area contributed by atoms with Crippen LogP contribution in [0.25, 0.3) is 11.3 Å². The molecule has 7 heteroatoms. The number of alkyl halides is 3. The molecule has 0 bridgehead atoms. The Kier molecular flexibility index (Phi) is 4.11. The van der Waals surface area contributed by atoms with Crippen LogP contribution in [0.4, 0.5) is 23.4 Å². The second-order valence-corrected chi connectivity index (χ2v) is 4.53. The molecule has 0 atom stereocenters. The maximum atomic E-state index is 13.3. The molecule has 1 aromatic carbocycles. The minimum absolute atomic E-state index is 0.168. The molecule has 0 aliphatic carbocycles. The maximum Gasteiger partial charge on any atom is 0.419 e. The molecule has 0 unspecified atom stereocenters. The zero-order valence-corrected chi connectivity index (χ0v) is 11.2. The van der Waals surface area contributed by atoms with E-state index in [9.17, 15) is 17.6 Å². The van der Waals surface area contributed by atoms with E-state index >= 15 is 0 Å². The second kappa shape index (κ2) is 5.67. The summed E-state index contributed by atoms with van der Waals surface area (Å²) >= 11 is 0. The van der Waals surface area contributed by atoms with E-state index in [0.717, 1.165) is 18.6 Å². The van der Waals surface area contributed by atoms with Gasteiger partial charge in [0.2, 0.25) is 0 Å². The molecular formula is C14H13F4N3. The topological polar surface area (TPSA) is 51.8 Å². The Morgan fingerprint density at radius 2 is 1.90 bits per heavy atom. The molecule has 0 fully saturated rings. The number of anilines is 1. The van der Waals surface area contributed by atoms with Gasteiger partial charge < -0.3 is 5.73 Å². The van der Waals surface area contributed by atoms with Gasteiger partial charge in [0.05, 0.1) is 11.3 Å². The second-order valence-electron chi connectivity index (χ2n) is 4.53. The van der Waals surface area contributed by atoms with Crippen molar-refractivity contribution in [3.05, 3.63) is 41.5 Å². The standard InChI is InChI=1S/C14H13F4N3/c1-2-3-9-12(20-7-21-13(9)19)8-4-5-11(15)10(6-8)14(16,17)18/h4-7H,2-3H2,1H3,(H2,19,20,21). The van der Waals surface area contributed by atoms with E-state index in [1.54, 1.807) is 0 Å². The molecule has 0 aliphatic rings. The number of hydrogen-bond donors (Lipinski definition) is 1. The molecule has 2 N–H and O–H groups in total. The van der Waals surface area contributed by atoms with Gasteiger partial charge in [0, 0.05) is 11.1 Å². The molecule has 3 nitrogen and oxygen atoms in total. The van der Waals surface area contributed by atoms with Gasteiger partial charge in [0.25, 0.3) is 0 Å². The minimum atomic E-state index is -4.76. The highest BCUT2D eigenvalue weighted by molar-refractivity contribution is 5.68. The Morgan fingerprint density at radius 1 is 1.19 bits per heavy atom. The average molecular weight is 299 g/mol. The van der Waals surface area contributed by atoms with Crippen LogP contribution in [0.2, 0.25) is 0 Å². The fourth-order valence-corrected chi connectivity index (χ4v) is 2.06. The summed E-state index contributed by atoms with van der Waals surface area (Å²) in [7, 11) is 0. The van der Waals surface area contributed by atoms with Gasteiger partial charge in [-0.1, -0.05) is 13.3 Å². The Labute approximate surface area is 118 Å². The number of rotatable bonds is 3. The fraction of sp³-hybridized carbons (Fsp3) is 0.286. The van der Waals surface area contributed by atoms with Gasteiger partial charge in [0.15, 0.2) is 0 Å². The summed E-state index contributed by atoms with van der Waals surface area (Å²) in [5.41, 5.74) is 5.47. The predicted molar refractivity (Wildman–Crippen MR) is 70.8 cm³/mol. The molecule has 2 aromatic rings. The van der Waals surface area contributed by atoms with Crippen molar-refractivity contribution in [2.24, 2.45) is 0 Å². The van der Waals surface area contributed by atoms with Crippen molar-refractivity contribution in [2.75, 3.05) is 5.73 Å². The summed E-state index contributed by atoms with van der Waals surface area (Å²) in [5.74, 6) is -1.09. The number of hydrogen-bond acceptors (Lipinski definition) is 3. The van der Waals surface area contributed by atoms with Crippen LogP contribution in [0, 0.1) is 5.82 Å². The van der Waals surface area contributed by atoms with Gasteiger partial charge in [-0.05, 0) is 24.6 Å². The summed E-state index contributed by atoms with van der Waals surface area (Å²) in [6.07, 6.45) is -2.32. The summed E-state index contributed by atoms with van der Waals surface area (Å²) in [6, 6.07) is 2.79. The van der Waals surface area contributed by atoms with Crippen molar-refractivity contribution in [3.8, 4) is 11.3 Å². The predicted octanol–water partition coefficient (Wildman–Crippen LogP) is 3.84. The van der Waals surface area contributed by atoms with E-state index in [2.05, 4.69) is 9.97 Å². The third kappa shape index (κ3) is 3.12. The normalized spacial score (nSPS) is 11.7. The van der Waals surface area contributed by atoms with Crippen molar-refractivity contribution in [1.82, 2.24) is 9.97 Å². The van der Waals surface area contributed by atoms with E-state index in [0.29, 0.717) is 17.7 Å². The number of aromatic nitrogens is 2. The van der Waals surface area contributed by atoms with Crippen LogP contribution >= 0.6 is 0 Å². The van der Waals surface area contributed by atoms with Gasteiger partial charge >= 0.3 is 6.18 Å². The van der Waals surface area contributed by atoms with Crippen molar-refractivity contribution in [1.29, 1.82) is 0 Å². The van der Waals surface area contributed by atoms with Crippen LogP contribution in [0.15, 0.2) is 24.5 Å². The lowest BCUT2D eigenvalue weighted by Crippen LogP contribution is -2.09. The van der Waals surface area contributed by atoms with Crippen molar-refractivity contribution < 1.29 is 17.6 Å².